The zero-order valence-corrected chi connectivity index (χ0v) is 5.28. The molecule has 9 heavy (non-hydrogen) atoms. The van der Waals surface area contributed by atoms with E-state index in [9.17, 15) is 0 Å². The third kappa shape index (κ3) is 3.49. The molecule has 0 aliphatic rings. The molecule has 0 bridgehead atoms. The minimum Gasteiger partial charge on any atom is -0.400 e. The fraction of sp³-hybridized carbons (Fsp3) is 0.167. The Labute approximate surface area is 54.2 Å². The van der Waals surface area contributed by atoms with Gasteiger partial charge in [0, 0.05) is 13.3 Å². The summed E-state index contributed by atoms with van der Waals surface area (Å²) in [6.07, 6.45) is 1.66. The van der Waals surface area contributed by atoms with Crippen molar-refractivity contribution in [2.24, 2.45) is 0 Å². The number of nitrogens with two attached hydrogens (primary N) is 1. The number of nitrogens with zero attached hydrogens (tertiary/aromatic N) is 1. The molecular formula is C6H10N2O. The molecule has 0 fully saturated rings. The lowest BCUT2D eigenvalue weighted by atomic mass is 10.5. The van der Waals surface area contributed by atoms with E-state index in [1.165, 1.54) is 0 Å². The van der Waals surface area contributed by atoms with Crippen LogP contribution in [0.15, 0.2) is 24.4 Å². The molecule has 0 spiro atoms. The molecule has 0 aromatic carbocycles. The summed E-state index contributed by atoms with van der Waals surface area (Å²) < 4.78 is 0. The molecule has 0 aliphatic heterocycles. The van der Waals surface area contributed by atoms with E-state index in [0.29, 0.717) is 5.82 Å². The summed E-state index contributed by atoms with van der Waals surface area (Å²) in [5.74, 6) is 0.572. The highest BCUT2D eigenvalue weighted by molar-refractivity contribution is 5.25. The molecule has 0 unspecified atom stereocenters. The van der Waals surface area contributed by atoms with E-state index in [-0.39, 0.29) is 0 Å². The van der Waals surface area contributed by atoms with E-state index in [4.69, 9.17) is 10.8 Å². The van der Waals surface area contributed by atoms with Gasteiger partial charge in [0.15, 0.2) is 0 Å². The highest BCUT2D eigenvalue weighted by atomic mass is 16.2. The van der Waals surface area contributed by atoms with Gasteiger partial charge in [0.05, 0.1) is 0 Å². The average molecular weight is 126 g/mol. The van der Waals surface area contributed by atoms with E-state index >= 15 is 0 Å². The van der Waals surface area contributed by atoms with Crippen LogP contribution in [0.25, 0.3) is 0 Å². The summed E-state index contributed by atoms with van der Waals surface area (Å²) in [5.41, 5.74) is 5.25. The maximum Gasteiger partial charge on any atom is 0.123 e. The van der Waals surface area contributed by atoms with Crippen LogP contribution in [0.3, 0.4) is 0 Å². The van der Waals surface area contributed by atoms with E-state index in [1.807, 2.05) is 12.1 Å². The molecule has 0 atom stereocenters. The highest BCUT2D eigenvalue weighted by Crippen LogP contribution is 1.89. The minimum absolute atomic E-state index is 0.572. The van der Waals surface area contributed by atoms with Gasteiger partial charge in [-0.2, -0.15) is 0 Å². The van der Waals surface area contributed by atoms with Crippen LogP contribution in [0.2, 0.25) is 0 Å². The Morgan fingerprint density at radius 1 is 1.44 bits per heavy atom. The van der Waals surface area contributed by atoms with Crippen LogP contribution < -0.4 is 5.73 Å². The van der Waals surface area contributed by atoms with Crippen LogP contribution in [0, 0.1) is 0 Å². The largest absolute Gasteiger partial charge is 0.400 e. The number of aromatic nitrogens is 1. The lowest BCUT2D eigenvalue weighted by Crippen LogP contribution is -1.85. The van der Waals surface area contributed by atoms with Crippen molar-refractivity contribution in [2.75, 3.05) is 12.8 Å². The van der Waals surface area contributed by atoms with Gasteiger partial charge in [-0.25, -0.2) is 4.98 Å². The highest BCUT2D eigenvalue weighted by Gasteiger charge is 1.73. The molecule has 3 heteroatoms. The van der Waals surface area contributed by atoms with Crippen LogP contribution in [0.4, 0.5) is 5.82 Å². The standard InChI is InChI=1S/C5H6N2.CH4O/c6-5-3-1-2-4-7-5;1-2/h1-4H,(H2,6,7);2H,1H3. The maximum absolute atomic E-state index is 7.00. The number of aliphatic hydroxyl groups is 1. The molecule has 50 valence electrons. The third-order valence-corrected chi connectivity index (χ3v) is 0.688. The molecule has 1 heterocycles. The molecule has 0 amide bonds. The van der Waals surface area contributed by atoms with Crippen LogP contribution >= 0.6 is 0 Å². The molecule has 0 aliphatic carbocycles. The molecule has 3 N–H and O–H groups in total. The summed E-state index contributed by atoms with van der Waals surface area (Å²) in [6, 6.07) is 5.43. The van der Waals surface area contributed by atoms with Crippen molar-refractivity contribution in [3.8, 4) is 0 Å². The van der Waals surface area contributed by atoms with Gasteiger partial charge in [-0.05, 0) is 12.1 Å². The fourth-order valence-electron chi connectivity index (χ4n) is 0.376. The molecule has 3 nitrogen and oxygen atoms in total. The molecule has 1 aromatic heterocycles. The lowest BCUT2D eigenvalue weighted by Gasteiger charge is -1.82. The molecule has 0 saturated carbocycles. The van der Waals surface area contributed by atoms with Crippen LogP contribution in [0.1, 0.15) is 0 Å². The molecule has 0 radical (unpaired) electrons. The Morgan fingerprint density at radius 2 is 2.11 bits per heavy atom. The van der Waals surface area contributed by atoms with Crippen molar-refractivity contribution >= 4 is 5.82 Å². The van der Waals surface area contributed by atoms with Gasteiger partial charge in [-0.15, -0.1) is 0 Å². The Balaban J connectivity index is 0.000000291. The SMILES string of the molecule is CO.Nc1ccccn1. The van der Waals surface area contributed by atoms with Crippen LogP contribution in [-0.4, -0.2) is 17.2 Å². The molecule has 1 aromatic rings. The predicted octanol–water partition coefficient (Wildman–Crippen LogP) is 0.272. The van der Waals surface area contributed by atoms with Gasteiger partial charge in [0.2, 0.25) is 0 Å². The summed E-state index contributed by atoms with van der Waals surface area (Å²) in [5, 5.41) is 7.00. The van der Waals surface area contributed by atoms with E-state index in [2.05, 4.69) is 4.98 Å². The molecular weight excluding hydrogens is 116 g/mol. The number of hydrogen-bond acceptors (Lipinski definition) is 3. The van der Waals surface area contributed by atoms with Gasteiger partial charge in [-0.1, -0.05) is 6.07 Å². The molecule has 0 saturated heterocycles. The van der Waals surface area contributed by atoms with Crippen molar-refractivity contribution < 1.29 is 5.11 Å². The first-order valence-electron chi connectivity index (χ1n) is 2.51. The van der Waals surface area contributed by atoms with E-state index < -0.39 is 0 Å². The summed E-state index contributed by atoms with van der Waals surface area (Å²) in [6.45, 7) is 0. The Bertz CT molecular complexity index is 141. The van der Waals surface area contributed by atoms with Gasteiger partial charge >= 0.3 is 0 Å². The van der Waals surface area contributed by atoms with E-state index in [0.717, 1.165) is 7.11 Å². The first kappa shape index (κ1) is 7.91. The number of hydrogen-bond donors (Lipinski definition) is 2. The van der Waals surface area contributed by atoms with Crippen LogP contribution in [0.5, 0.6) is 0 Å². The average Bonchev–Trinajstić information content (AvgIpc) is 1.94. The van der Waals surface area contributed by atoms with E-state index in [1.54, 1.807) is 12.3 Å². The number of aliphatic hydroxyl groups excluding tert-OH is 1. The maximum atomic E-state index is 7.00. The Morgan fingerprint density at radius 3 is 2.33 bits per heavy atom. The van der Waals surface area contributed by atoms with Crippen molar-refractivity contribution in [3.05, 3.63) is 24.4 Å². The summed E-state index contributed by atoms with van der Waals surface area (Å²) in [4.78, 5) is 3.76. The number of nitrogen functional groups attached to an aromatic ring is 1. The van der Waals surface area contributed by atoms with Gasteiger partial charge in [0.25, 0.3) is 0 Å². The smallest absolute Gasteiger partial charge is 0.123 e. The normalized spacial score (nSPS) is 7.33. The second kappa shape index (κ2) is 5.05. The number of pyridine rings is 1. The zero-order valence-electron chi connectivity index (χ0n) is 5.28. The monoisotopic (exact) mass is 126 g/mol. The zero-order chi connectivity index (χ0) is 7.11. The Kier molecular flexibility index (Phi) is 4.44. The van der Waals surface area contributed by atoms with Crippen molar-refractivity contribution in [1.29, 1.82) is 0 Å². The summed E-state index contributed by atoms with van der Waals surface area (Å²) in [7, 11) is 1.00. The third-order valence-electron chi connectivity index (χ3n) is 0.688. The first-order valence-corrected chi connectivity index (χ1v) is 2.51. The Hall–Kier alpha value is -1.09. The topological polar surface area (TPSA) is 59.1 Å². The fourth-order valence-corrected chi connectivity index (χ4v) is 0.376. The second-order valence-electron chi connectivity index (χ2n) is 1.25. The van der Waals surface area contributed by atoms with Crippen molar-refractivity contribution in [1.82, 2.24) is 4.98 Å². The van der Waals surface area contributed by atoms with Crippen LogP contribution in [-0.2, 0) is 0 Å². The predicted molar refractivity (Wildman–Crippen MR) is 36.8 cm³/mol. The quantitative estimate of drug-likeness (QED) is 0.524. The summed E-state index contributed by atoms with van der Waals surface area (Å²) >= 11 is 0. The van der Waals surface area contributed by atoms with Gasteiger partial charge in [-0.3, -0.25) is 0 Å². The number of anilines is 1. The van der Waals surface area contributed by atoms with Gasteiger partial charge in [0.1, 0.15) is 5.82 Å². The van der Waals surface area contributed by atoms with Crippen molar-refractivity contribution in [2.45, 2.75) is 0 Å². The first-order chi connectivity index (χ1) is 4.39. The van der Waals surface area contributed by atoms with Crippen molar-refractivity contribution in [3.63, 3.8) is 0 Å². The lowest BCUT2D eigenvalue weighted by molar-refractivity contribution is 0.399. The minimum atomic E-state index is 0.572. The van der Waals surface area contributed by atoms with Gasteiger partial charge < -0.3 is 10.8 Å². The number of rotatable bonds is 0. The molecule has 1 rings (SSSR count). The second-order valence-corrected chi connectivity index (χ2v) is 1.25.